The molecular weight excluding hydrogens is 191 g/mol. The number of hydrogen-bond donors (Lipinski definition) is 0. The number of nitrogens with zero attached hydrogens (tertiary/aromatic N) is 1. The zero-order chi connectivity index (χ0) is 10.8. The quantitative estimate of drug-likeness (QED) is 0.678. The van der Waals surface area contributed by atoms with Gasteiger partial charge in [0.2, 0.25) is 0 Å². The van der Waals surface area contributed by atoms with Crippen LogP contribution >= 0.6 is 0 Å². The van der Waals surface area contributed by atoms with Gasteiger partial charge >= 0.3 is 6.18 Å². The molecule has 0 amide bonds. The van der Waals surface area contributed by atoms with Crippen LogP contribution in [0.15, 0.2) is 30.8 Å². The smallest absolute Gasteiger partial charge is 0.192 e. The lowest BCUT2D eigenvalue weighted by atomic mass is 10.0. The predicted octanol–water partition coefficient (Wildman–Crippen LogP) is 3.13. The van der Waals surface area contributed by atoms with Gasteiger partial charge in [-0.15, -0.1) is 0 Å². The maximum Gasteiger partial charge on any atom is 0.416 e. The summed E-state index contributed by atoms with van der Waals surface area (Å²) in [7, 11) is 0. The van der Waals surface area contributed by atoms with Crippen molar-refractivity contribution in [2.45, 2.75) is 6.18 Å². The molecule has 0 spiro atoms. The van der Waals surface area contributed by atoms with E-state index in [0.29, 0.717) is 0 Å². The van der Waals surface area contributed by atoms with E-state index in [2.05, 4.69) is 6.58 Å². The molecule has 0 saturated carbocycles. The molecule has 0 heterocycles. The maximum atomic E-state index is 12.2. The zero-order valence-electron chi connectivity index (χ0n) is 7.10. The van der Waals surface area contributed by atoms with Gasteiger partial charge in [-0.05, 0) is 17.7 Å². The average Bonchev–Trinajstić information content (AvgIpc) is 2.15. The molecule has 0 aliphatic rings. The molecule has 72 valence electrons. The highest BCUT2D eigenvalue weighted by Gasteiger charge is 2.32. The van der Waals surface area contributed by atoms with Gasteiger partial charge in [-0.3, -0.25) is 0 Å². The number of alkyl halides is 3. The van der Waals surface area contributed by atoms with Gasteiger partial charge in [0, 0.05) is 0 Å². The Morgan fingerprint density at radius 1 is 1.36 bits per heavy atom. The van der Waals surface area contributed by atoms with Crippen molar-refractivity contribution in [1.29, 1.82) is 5.26 Å². The van der Waals surface area contributed by atoms with Crippen molar-refractivity contribution in [2.75, 3.05) is 0 Å². The molecular formula is C10H6F3N. The van der Waals surface area contributed by atoms with E-state index in [1.807, 2.05) is 0 Å². The third-order valence-electron chi connectivity index (χ3n) is 1.68. The van der Waals surface area contributed by atoms with Crippen molar-refractivity contribution in [3.8, 4) is 6.07 Å². The Kier molecular flexibility index (Phi) is 2.61. The molecule has 0 unspecified atom stereocenters. The topological polar surface area (TPSA) is 23.8 Å². The van der Waals surface area contributed by atoms with Gasteiger partial charge < -0.3 is 0 Å². The van der Waals surface area contributed by atoms with Crippen LogP contribution in [0.2, 0.25) is 0 Å². The van der Waals surface area contributed by atoms with Gasteiger partial charge in [0.1, 0.15) is 0 Å². The standard InChI is InChI=1S/C10H6F3N/c1-7(10(11,12)13)9-4-2-3-8(5-9)6-14/h2-5H,1H2. The second-order valence-corrected chi connectivity index (χ2v) is 2.67. The fraction of sp³-hybridized carbons (Fsp3) is 0.100. The second-order valence-electron chi connectivity index (χ2n) is 2.67. The Balaban J connectivity index is 3.10. The van der Waals surface area contributed by atoms with E-state index >= 15 is 0 Å². The summed E-state index contributed by atoms with van der Waals surface area (Å²) in [5, 5.41) is 8.49. The van der Waals surface area contributed by atoms with E-state index in [4.69, 9.17) is 5.26 Å². The van der Waals surface area contributed by atoms with Gasteiger partial charge in [-0.25, -0.2) is 0 Å². The third kappa shape index (κ3) is 2.13. The van der Waals surface area contributed by atoms with Crippen LogP contribution in [0.25, 0.3) is 5.57 Å². The first-order chi connectivity index (χ1) is 6.45. The van der Waals surface area contributed by atoms with Crippen molar-refractivity contribution in [3.05, 3.63) is 42.0 Å². The van der Waals surface area contributed by atoms with Crippen molar-refractivity contribution in [2.24, 2.45) is 0 Å². The third-order valence-corrected chi connectivity index (χ3v) is 1.68. The van der Waals surface area contributed by atoms with Crippen LogP contribution in [0.5, 0.6) is 0 Å². The average molecular weight is 197 g/mol. The van der Waals surface area contributed by atoms with E-state index in [-0.39, 0.29) is 11.1 Å². The minimum Gasteiger partial charge on any atom is -0.192 e. The highest BCUT2D eigenvalue weighted by Crippen LogP contribution is 2.32. The first-order valence-corrected chi connectivity index (χ1v) is 3.72. The van der Waals surface area contributed by atoms with E-state index in [9.17, 15) is 13.2 Å². The van der Waals surface area contributed by atoms with Crippen LogP contribution < -0.4 is 0 Å². The van der Waals surface area contributed by atoms with Crippen LogP contribution in [0, 0.1) is 11.3 Å². The fourth-order valence-corrected chi connectivity index (χ4v) is 0.940. The van der Waals surface area contributed by atoms with E-state index < -0.39 is 11.7 Å². The van der Waals surface area contributed by atoms with Crippen LogP contribution in [-0.2, 0) is 0 Å². The lowest BCUT2D eigenvalue weighted by molar-refractivity contribution is -0.0686. The molecule has 0 aliphatic carbocycles. The highest BCUT2D eigenvalue weighted by atomic mass is 19.4. The Hall–Kier alpha value is -1.76. The summed E-state index contributed by atoms with van der Waals surface area (Å²) in [4.78, 5) is 0. The van der Waals surface area contributed by atoms with Gasteiger partial charge in [-0.1, -0.05) is 18.7 Å². The number of allylic oxidation sites excluding steroid dienone is 1. The predicted molar refractivity (Wildman–Crippen MR) is 46.2 cm³/mol. The summed E-state index contributed by atoms with van der Waals surface area (Å²) >= 11 is 0. The van der Waals surface area contributed by atoms with Crippen molar-refractivity contribution in [1.82, 2.24) is 0 Å². The number of nitriles is 1. The van der Waals surface area contributed by atoms with Crippen LogP contribution in [0.4, 0.5) is 13.2 Å². The number of benzene rings is 1. The monoisotopic (exact) mass is 197 g/mol. The lowest BCUT2D eigenvalue weighted by Gasteiger charge is -2.09. The van der Waals surface area contributed by atoms with Crippen LogP contribution in [0.1, 0.15) is 11.1 Å². The molecule has 1 aromatic rings. The molecule has 0 atom stereocenters. The molecule has 0 N–H and O–H groups in total. The number of rotatable bonds is 1. The maximum absolute atomic E-state index is 12.2. The van der Waals surface area contributed by atoms with E-state index in [0.717, 1.165) is 6.07 Å². The van der Waals surface area contributed by atoms with Crippen LogP contribution in [-0.4, -0.2) is 6.18 Å². The molecule has 4 heteroatoms. The van der Waals surface area contributed by atoms with Gasteiger partial charge in [0.15, 0.2) is 0 Å². The van der Waals surface area contributed by atoms with Gasteiger partial charge in [0.25, 0.3) is 0 Å². The Morgan fingerprint density at radius 2 is 2.00 bits per heavy atom. The van der Waals surface area contributed by atoms with Crippen molar-refractivity contribution in [3.63, 3.8) is 0 Å². The number of halogens is 3. The number of hydrogen-bond acceptors (Lipinski definition) is 1. The van der Waals surface area contributed by atoms with Gasteiger partial charge in [-0.2, -0.15) is 18.4 Å². The van der Waals surface area contributed by atoms with E-state index in [1.165, 1.54) is 18.2 Å². The minimum atomic E-state index is -4.45. The molecule has 1 aromatic carbocycles. The summed E-state index contributed by atoms with van der Waals surface area (Å²) in [6.45, 7) is 2.94. The molecule has 0 radical (unpaired) electrons. The minimum absolute atomic E-state index is 0.0726. The summed E-state index contributed by atoms with van der Waals surface area (Å²) in [5.74, 6) is 0. The molecule has 0 fully saturated rings. The summed E-state index contributed by atoms with van der Waals surface area (Å²) in [6.07, 6.45) is -4.45. The summed E-state index contributed by atoms with van der Waals surface area (Å²) in [5.41, 5.74) is -0.820. The second kappa shape index (κ2) is 3.54. The van der Waals surface area contributed by atoms with Crippen LogP contribution in [0.3, 0.4) is 0 Å². The van der Waals surface area contributed by atoms with E-state index in [1.54, 1.807) is 6.07 Å². The largest absolute Gasteiger partial charge is 0.416 e. The Bertz CT molecular complexity index is 399. The van der Waals surface area contributed by atoms with Crippen molar-refractivity contribution < 1.29 is 13.2 Å². The molecule has 1 nitrogen and oxygen atoms in total. The highest BCUT2D eigenvalue weighted by molar-refractivity contribution is 5.68. The lowest BCUT2D eigenvalue weighted by Crippen LogP contribution is -2.09. The molecule has 14 heavy (non-hydrogen) atoms. The molecule has 0 aromatic heterocycles. The Labute approximate surface area is 79.1 Å². The first kappa shape index (κ1) is 10.3. The fourth-order valence-electron chi connectivity index (χ4n) is 0.940. The zero-order valence-corrected chi connectivity index (χ0v) is 7.10. The summed E-state index contributed by atoms with van der Waals surface area (Å²) in [6, 6.07) is 7.03. The molecule has 1 rings (SSSR count). The van der Waals surface area contributed by atoms with Gasteiger partial charge in [0.05, 0.1) is 17.2 Å². The Morgan fingerprint density at radius 3 is 2.50 bits per heavy atom. The normalized spacial score (nSPS) is 10.7. The molecule has 0 saturated heterocycles. The summed E-state index contributed by atoms with van der Waals surface area (Å²) < 4.78 is 36.6. The first-order valence-electron chi connectivity index (χ1n) is 3.72. The SMILES string of the molecule is C=C(c1cccc(C#N)c1)C(F)(F)F. The van der Waals surface area contributed by atoms with Crippen molar-refractivity contribution >= 4 is 5.57 Å². The molecule has 0 bridgehead atoms. The molecule has 0 aliphatic heterocycles.